The van der Waals surface area contributed by atoms with E-state index in [1.54, 1.807) is 12.3 Å². The van der Waals surface area contributed by atoms with E-state index in [9.17, 15) is 4.79 Å². The lowest BCUT2D eigenvalue weighted by Crippen LogP contribution is -2.04. The van der Waals surface area contributed by atoms with E-state index >= 15 is 0 Å². The molecular weight excluding hydrogens is 266 g/mol. The van der Waals surface area contributed by atoms with Gasteiger partial charge in [0.15, 0.2) is 11.1 Å². The highest BCUT2D eigenvalue weighted by atomic mass is 16.3. The topological polar surface area (TPSA) is 68.9 Å². The fourth-order valence-electron chi connectivity index (χ4n) is 2.35. The molecule has 0 fully saturated rings. The van der Waals surface area contributed by atoms with Crippen molar-refractivity contribution in [2.75, 3.05) is 0 Å². The fraction of sp³-hybridized carbons (Fsp3) is 0. The summed E-state index contributed by atoms with van der Waals surface area (Å²) in [5, 5.41) is 0.490. The molecule has 0 spiro atoms. The maximum atomic E-state index is 12.5. The summed E-state index contributed by atoms with van der Waals surface area (Å²) in [5.41, 5.74) is 2.53. The van der Waals surface area contributed by atoms with Crippen molar-refractivity contribution in [2.24, 2.45) is 0 Å². The minimum Gasteiger partial charge on any atom is -0.452 e. The summed E-state index contributed by atoms with van der Waals surface area (Å²) >= 11 is 0. The monoisotopic (exact) mass is 275 g/mol. The van der Waals surface area contributed by atoms with E-state index in [1.165, 1.54) is 12.5 Å². The molecule has 0 aliphatic heterocycles. The standard InChI is InChI=1S/C16H9N3O2/c20-15-11-5-3-4-10(12-6-1-2-7-18-12)16(11)21-13-8-17-9-19-14(13)15/h1-9H. The zero-order chi connectivity index (χ0) is 14.2. The molecule has 4 aromatic rings. The van der Waals surface area contributed by atoms with Gasteiger partial charge in [-0.3, -0.25) is 9.78 Å². The van der Waals surface area contributed by atoms with Crippen molar-refractivity contribution < 1.29 is 4.42 Å². The minimum atomic E-state index is -0.161. The van der Waals surface area contributed by atoms with Gasteiger partial charge in [-0.1, -0.05) is 12.1 Å². The lowest BCUT2D eigenvalue weighted by molar-refractivity contribution is 0.656. The van der Waals surface area contributed by atoms with Gasteiger partial charge in [-0.25, -0.2) is 9.97 Å². The van der Waals surface area contributed by atoms with Gasteiger partial charge in [-0.2, -0.15) is 0 Å². The van der Waals surface area contributed by atoms with Crippen LogP contribution >= 0.6 is 0 Å². The SMILES string of the molecule is O=c1c2cccc(-c3ccccn3)c2oc2cncnc12. The number of hydrogen-bond acceptors (Lipinski definition) is 5. The van der Waals surface area contributed by atoms with E-state index < -0.39 is 0 Å². The molecule has 5 nitrogen and oxygen atoms in total. The van der Waals surface area contributed by atoms with Gasteiger partial charge in [0, 0.05) is 11.8 Å². The first-order valence-electron chi connectivity index (χ1n) is 6.41. The largest absolute Gasteiger partial charge is 0.452 e. The number of pyridine rings is 1. The molecule has 0 N–H and O–H groups in total. The van der Waals surface area contributed by atoms with Crippen LogP contribution in [0.5, 0.6) is 0 Å². The van der Waals surface area contributed by atoms with E-state index in [0.717, 1.165) is 11.3 Å². The number of hydrogen-bond donors (Lipinski definition) is 0. The van der Waals surface area contributed by atoms with Crippen molar-refractivity contribution in [3.63, 3.8) is 0 Å². The molecule has 0 amide bonds. The summed E-state index contributed by atoms with van der Waals surface area (Å²) in [6.07, 6.45) is 4.54. The number of para-hydroxylation sites is 1. The van der Waals surface area contributed by atoms with Crippen LogP contribution in [0.3, 0.4) is 0 Å². The number of nitrogens with zero attached hydrogens (tertiary/aromatic N) is 3. The van der Waals surface area contributed by atoms with E-state index in [0.29, 0.717) is 16.6 Å². The molecule has 21 heavy (non-hydrogen) atoms. The number of aromatic nitrogens is 3. The predicted octanol–water partition coefficient (Wildman–Crippen LogP) is 2.80. The van der Waals surface area contributed by atoms with Crippen molar-refractivity contribution in [3.05, 3.63) is 65.3 Å². The Kier molecular flexibility index (Phi) is 2.50. The molecule has 0 saturated heterocycles. The molecule has 0 saturated carbocycles. The second-order valence-electron chi connectivity index (χ2n) is 4.56. The van der Waals surface area contributed by atoms with Crippen LogP contribution in [0.4, 0.5) is 0 Å². The Bertz CT molecular complexity index is 1010. The van der Waals surface area contributed by atoms with Crippen molar-refractivity contribution in [3.8, 4) is 11.3 Å². The summed E-state index contributed by atoms with van der Waals surface area (Å²) in [4.78, 5) is 24.7. The van der Waals surface area contributed by atoms with Crippen molar-refractivity contribution in [2.45, 2.75) is 0 Å². The van der Waals surface area contributed by atoms with Crippen LogP contribution in [-0.4, -0.2) is 15.0 Å². The highest BCUT2D eigenvalue weighted by Crippen LogP contribution is 2.27. The average molecular weight is 275 g/mol. The zero-order valence-corrected chi connectivity index (χ0v) is 10.9. The molecule has 3 heterocycles. The molecule has 0 unspecified atom stereocenters. The van der Waals surface area contributed by atoms with Gasteiger partial charge in [0.25, 0.3) is 0 Å². The Hall–Kier alpha value is -3.08. The summed E-state index contributed by atoms with van der Waals surface area (Å²) in [6, 6.07) is 11.0. The Morgan fingerprint density at radius 1 is 1.00 bits per heavy atom. The smallest absolute Gasteiger partial charge is 0.219 e. The lowest BCUT2D eigenvalue weighted by atomic mass is 10.1. The van der Waals surface area contributed by atoms with Crippen LogP contribution in [0.2, 0.25) is 0 Å². The van der Waals surface area contributed by atoms with E-state index in [4.69, 9.17) is 4.42 Å². The summed E-state index contributed by atoms with van der Waals surface area (Å²) < 4.78 is 5.85. The Balaban J connectivity index is 2.18. The lowest BCUT2D eigenvalue weighted by Gasteiger charge is -2.05. The first-order chi connectivity index (χ1) is 10.3. The van der Waals surface area contributed by atoms with Crippen LogP contribution < -0.4 is 5.43 Å². The molecule has 3 aromatic heterocycles. The van der Waals surface area contributed by atoms with Gasteiger partial charge in [-0.15, -0.1) is 0 Å². The molecule has 5 heteroatoms. The third-order valence-electron chi connectivity index (χ3n) is 3.31. The van der Waals surface area contributed by atoms with Crippen molar-refractivity contribution in [1.29, 1.82) is 0 Å². The third kappa shape index (κ3) is 1.79. The molecule has 1 aromatic carbocycles. The summed E-state index contributed by atoms with van der Waals surface area (Å²) in [6.45, 7) is 0. The molecule has 100 valence electrons. The highest BCUT2D eigenvalue weighted by Gasteiger charge is 2.13. The highest BCUT2D eigenvalue weighted by molar-refractivity contribution is 5.95. The maximum absolute atomic E-state index is 12.5. The minimum absolute atomic E-state index is 0.161. The van der Waals surface area contributed by atoms with Crippen molar-refractivity contribution in [1.82, 2.24) is 15.0 Å². The quantitative estimate of drug-likeness (QED) is 0.500. The summed E-state index contributed by atoms with van der Waals surface area (Å²) in [5.74, 6) is 0. The Morgan fingerprint density at radius 3 is 2.81 bits per heavy atom. The van der Waals surface area contributed by atoms with Gasteiger partial charge in [-0.05, 0) is 24.3 Å². The van der Waals surface area contributed by atoms with Gasteiger partial charge in [0.1, 0.15) is 11.9 Å². The number of rotatable bonds is 1. The molecule has 0 aliphatic rings. The van der Waals surface area contributed by atoms with E-state index in [1.807, 2.05) is 30.3 Å². The second-order valence-corrected chi connectivity index (χ2v) is 4.56. The molecule has 0 radical (unpaired) electrons. The second kappa shape index (κ2) is 4.49. The first kappa shape index (κ1) is 11.7. The predicted molar refractivity (Wildman–Crippen MR) is 78.8 cm³/mol. The van der Waals surface area contributed by atoms with E-state index in [2.05, 4.69) is 15.0 Å². The molecular formula is C16H9N3O2. The van der Waals surface area contributed by atoms with Gasteiger partial charge in [0.05, 0.1) is 17.3 Å². The zero-order valence-electron chi connectivity index (χ0n) is 10.9. The van der Waals surface area contributed by atoms with Crippen LogP contribution in [0.1, 0.15) is 0 Å². The van der Waals surface area contributed by atoms with Crippen LogP contribution in [0.25, 0.3) is 33.3 Å². The average Bonchev–Trinajstić information content (AvgIpc) is 2.56. The molecule has 0 aliphatic carbocycles. The normalized spacial score (nSPS) is 11.0. The van der Waals surface area contributed by atoms with Gasteiger partial charge < -0.3 is 4.42 Å². The fourth-order valence-corrected chi connectivity index (χ4v) is 2.35. The number of benzene rings is 1. The van der Waals surface area contributed by atoms with Crippen molar-refractivity contribution >= 4 is 22.1 Å². The van der Waals surface area contributed by atoms with Crippen LogP contribution in [0.15, 0.2) is 64.3 Å². The molecule has 4 rings (SSSR count). The first-order valence-corrected chi connectivity index (χ1v) is 6.41. The van der Waals surface area contributed by atoms with E-state index in [-0.39, 0.29) is 10.9 Å². The molecule has 0 bridgehead atoms. The Morgan fingerprint density at radius 2 is 1.95 bits per heavy atom. The van der Waals surface area contributed by atoms with Gasteiger partial charge >= 0.3 is 0 Å². The molecule has 0 atom stereocenters. The maximum Gasteiger partial charge on any atom is 0.219 e. The van der Waals surface area contributed by atoms with Gasteiger partial charge in [0.2, 0.25) is 5.43 Å². The Labute approximate surface area is 118 Å². The third-order valence-corrected chi connectivity index (χ3v) is 3.31. The van der Waals surface area contributed by atoms with Crippen LogP contribution in [0, 0.1) is 0 Å². The number of fused-ring (bicyclic) bond motifs is 2. The summed E-state index contributed by atoms with van der Waals surface area (Å²) in [7, 11) is 0. The van der Waals surface area contributed by atoms with Crippen LogP contribution in [-0.2, 0) is 0 Å².